The normalized spacial score (nSPS) is 15.7. The first-order chi connectivity index (χ1) is 12.9. The third kappa shape index (κ3) is 9.61. The summed E-state index contributed by atoms with van der Waals surface area (Å²) in [6.07, 6.45) is -0.991. The van der Waals surface area contributed by atoms with Crippen LogP contribution < -0.4 is 15.4 Å². The summed E-state index contributed by atoms with van der Waals surface area (Å²) in [5, 5.41) is 5.99. The van der Waals surface area contributed by atoms with Crippen molar-refractivity contribution in [2.24, 2.45) is 5.92 Å². The molecular weight excluding hydrogens is 395 g/mol. The highest BCUT2D eigenvalue weighted by Crippen LogP contribution is 2.20. The van der Waals surface area contributed by atoms with E-state index in [2.05, 4.69) is 15.5 Å². The molecule has 1 fully saturated rings. The Morgan fingerprint density at radius 2 is 2.00 bits per heavy atom. The van der Waals surface area contributed by atoms with E-state index in [1.165, 1.54) is 18.6 Å². The summed E-state index contributed by atoms with van der Waals surface area (Å²) < 4.78 is 41.4. The van der Waals surface area contributed by atoms with Crippen molar-refractivity contribution in [3.05, 3.63) is 29.8 Å². The third-order valence-corrected chi connectivity index (χ3v) is 4.67. The van der Waals surface area contributed by atoms with Crippen molar-refractivity contribution < 1.29 is 22.7 Å². The zero-order valence-electron chi connectivity index (χ0n) is 16.1. The maximum Gasteiger partial charge on any atom is 0.422 e. The van der Waals surface area contributed by atoms with Crippen LogP contribution >= 0.6 is 12.4 Å². The minimum Gasteiger partial charge on any atom is -0.484 e. The van der Waals surface area contributed by atoms with Gasteiger partial charge in [0, 0.05) is 6.54 Å². The number of rotatable bonds is 9. The van der Waals surface area contributed by atoms with Gasteiger partial charge >= 0.3 is 6.18 Å². The zero-order valence-corrected chi connectivity index (χ0v) is 16.9. The second kappa shape index (κ2) is 12.1. The van der Waals surface area contributed by atoms with E-state index in [1.807, 2.05) is 7.05 Å². The minimum atomic E-state index is -4.37. The van der Waals surface area contributed by atoms with Gasteiger partial charge in [0.2, 0.25) is 5.91 Å². The van der Waals surface area contributed by atoms with Crippen LogP contribution in [0.1, 0.15) is 24.8 Å². The van der Waals surface area contributed by atoms with E-state index in [-0.39, 0.29) is 30.6 Å². The quantitative estimate of drug-likeness (QED) is 0.641. The van der Waals surface area contributed by atoms with Gasteiger partial charge in [-0.3, -0.25) is 9.69 Å². The first kappa shape index (κ1) is 24.5. The molecule has 0 saturated carbocycles. The molecule has 1 aromatic rings. The lowest BCUT2D eigenvalue weighted by Crippen LogP contribution is -2.41. The molecule has 2 rings (SSSR count). The van der Waals surface area contributed by atoms with Crippen LogP contribution in [0.2, 0.25) is 0 Å². The van der Waals surface area contributed by atoms with Crippen LogP contribution in [0.3, 0.4) is 0 Å². The number of likely N-dealkylation sites (tertiary alicyclic amines) is 1. The molecule has 0 atom stereocenters. The van der Waals surface area contributed by atoms with Gasteiger partial charge in [0.25, 0.3) is 0 Å². The summed E-state index contributed by atoms with van der Waals surface area (Å²) in [6.45, 7) is 2.15. The number of halogens is 4. The molecular formula is C19H29ClF3N3O2. The number of benzene rings is 1. The van der Waals surface area contributed by atoms with Crippen molar-refractivity contribution >= 4 is 18.3 Å². The fraction of sp³-hybridized carbons (Fsp3) is 0.632. The number of amides is 1. The lowest BCUT2D eigenvalue weighted by molar-refractivity contribution is -0.153. The number of nitrogens with one attached hydrogen (secondary N) is 2. The summed E-state index contributed by atoms with van der Waals surface area (Å²) in [4.78, 5) is 14.3. The molecule has 5 nitrogen and oxygen atoms in total. The van der Waals surface area contributed by atoms with E-state index in [0.717, 1.165) is 38.4 Å². The van der Waals surface area contributed by atoms with Gasteiger partial charge < -0.3 is 15.4 Å². The lowest BCUT2D eigenvalue weighted by Gasteiger charge is -2.31. The third-order valence-electron chi connectivity index (χ3n) is 4.67. The number of alkyl halides is 3. The molecule has 1 aromatic carbocycles. The van der Waals surface area contributed by atoms with E-state index in [1.54, 1.807) is 12.1 Å². The number of hydrogen-bond acceptors (Lipinski definition) is 4. The molecule has 2 N–H and O–H groups in total. The van der Waals surface area contributed by atoms with Crippen molar-refractivity contribution in [2.45, 2.75) is 32.0 Å². The predicted molar refractivity (Wildman–Crippen MR) is 105 cm³/mol. The summed E-state index contributed by atoms with van der Waals surface area (Å²) in [6, 6.07) is 6.34. The summed E-state index contributed by atoms with van der Waals surface area (Å²) >= 11 is 0. The van der Waals surface area contributed by atoms with Gasteiger partial charge in [-0.2, -0.15) is 13.2 Å². The van der Waals surface area contributed by atoms with Crippen LogP contribution in [-0.4, -0.2) is 56.8 Å². The Hall–Kier alpha value is -1.51. The second-order valence-corrected chi connectivity index (χ2v) is 6.94. The molecule has 0 bridgehead atoms. The van der Waals surface area contributed by atoms with Crippen LogP contribution in [0.4, 0.5) is 13.2 Å². The van der Waals surface area contributed by atoms with Gasteiger partial charge in [-0.05, 0) is 69.6 Å². The molecule has 28 heavy (non-hydrogen) atoms. The van der Waals surface area contributed by atoms with Crippen molar-refractivity contribution in [1.29, 1.82) is 0 Å². The Balaban J connectivity index is 0.00000392. The van der Waals surface area contributed by atoms with E-state index in [0.29, 0.717) is 12.1 Å². The van der Waals surface area contributed by atoms with E-state index in [4.69, 9.17) is 4.74 Å². The summed E-state index contributed by atoms with van der Waals surface area (Å²) in [5.41, 5.74) is 0.703. The van der Waals surface area contributed by atoms with Gasteiger partial charge in [0.05, 0.1) is 6.54 Å². The van der Waals surface area contributed by atoms with Crippen LogP contribution in [-0.2, 0) is 11.3 Å². The lowest BCUT2D eigenvalue weighted by atomic mass is 9.93. The van der Waals surface area contributed by atoms with Crippen LogP contribution in [0, 0.1) is 5.92 Å². The highest BCUT2D eigenvalue weighted by atomic mass is 35.5. The zero-order chi connectivity index (χ0) is 19.7. The Kier molecular flexibility index (Phi) is 10.6. The highest BCUT2D eigenvalue weighted by molar-refractivity contribution is 5.85. The molecule has 1 aliphatic rings. The summed E-state index contributed by atoms with van der Waals surface area (Å²) in [7, 11) is 1.96. The molecule has 0 spiro atoms. The standard InChI is InChI=1S/C19H28F3N3O2.ClH/c1-23-8-5-15-6-9-25(10-7-15)13-18(26)24-12-16-3-2-4-17(11-16)27-14-19(20,21)22;/h2-4,11,15,23H,5-10,12-14H2,1H3,(H,24,26);1H. The van der Waals surface area contributed by atoms with E-state index >= 15 is 0 Å². The maximum absolute atomic E-state index is 12.2. The second-order valence-electron chi connectivity index (χ2n) is 6.94. The molecule has 0 aromatic heterocycles. The fourth-order valence-corrected chi connectivity index (χ4v) is 3.15. The van der Waals surface area contributed by atoms with Crippen molar-refractivity contribution in [3.63, 3.8) is 0 Å². The number of hydrogen-bond donors (Lipinski definition) is 2. The Morgan fingerprint density at radius 1 is 1.29 bits per heavy atom. The van der Waals surface area contributed by atoms with Crippen molar-refractivity contribution in [3.8, 4) is 5.75 Å². The topological polar surface area (TPSA) is 53.6 Å². The monoisotopic (exact) mass is 423 g/mol. The Morgan fingerprint density at radius 3 is 2.64 bits per heavy atom. The number of carbonyl (C=O) groups excluding carboxylic acids is 1. The average molecular weight is 424 g/mol. The average Bonchev–Trinajstić information content (AvgIpc) is 2.64. The van der Waals surface area contributed by atoms with Gasteiger partial charge in [-0.25, -0.2) is 0 Å². The number of piperidine rings is 1. The van der Waals surface area contributed by atoms with Crippen LogP contribution in [0.25, 0.3) is 0 Å². The number of carbonyl (C=O) groups is 1. The predicted octanol–water partition coefficient (Wildman–Crippen LogP) is 2.99. The Bertz CT molecular complexity index is 594. The van der Waals surface area contributed by atoms with Crippen LogP contribution in [0.15, 0.2) is 24.3 Å². The van der Waals surface area contributed by atoms with Crippen LogP contribution in [0.5, 0.6) is 5.75 Å². The SMILES string of the molecule is CNCCC1CCN(CC(=O)NCc2cccc(OCC(F)(F)F)c2)CC1.Cl. The highest BCUT2D eigenvalue weighted by Gasteiger charge is 2.28. The van der Waals surface area contributed by atoms with E-state index in [9.17, 15) is 18.0 Å². The first-order valence-electron chi connectivity index (χ1n) is 9.28. The maximum atomic E-state index is 12.2. The van der Waals surface area contributed by atoms with Crippen molar-refractivity contribution in [1.82, 2.24) is 15.5 Å². The van der Waals surface area contributed by atoms with Gasteiger partial charge in [0.15, 0.2) is 6.61 Å². The fourth-order valence-electron chi connectivity index (χ4n) is 3.15. The molecule has 1 saturated heterocycles. The Labute approximate surface area is 170 Å². The largest absolute Gasteiger partial charge is 0.484 e. The molecule has 0 unspecified atom stereocenters. The minimum absolute atomic E-state index is 0. The first-order valence-corrected chi connectivity index (χ1v) is 9.28. The van der Waals surface area contributed by atoms with Crippen molar-refractivity contribution in [2.75, 3.05) is 39.8 Å². The number of nitrogens with zero attached hydrogens (tertiary/aromatic N) is 1. The molecule has 1 aliphatic heterocycles. The molecule has 1 amide bonds. The van der Waals surface area contributed by atoms with Gasteiger partial charge in [0.1, 0.15) is 5.75 Å². The molecule has 0 radical (unpaired) electrons. The smallest absolute Gasteiger partial charge is 0.422 e. The molecule has 0 aliphatic carbocycles. The molecule has 9 heteroatoms. The van der Waals surface area contributed by atoms with Gasteiger partial charge in [-0.1, -0.05) is 12.1 Å². The number of ether oxygens (including phenoxy) is 1. The molecule has 1 heterocycles. The van der Waals surface area contributed by atoms with Gasteiger partial charge in [-0.15, -0.1) is 12.4 Å². The summed E-state index contributed by atoms with van der Waals surface area (Å²) in [5.74, 6) is 0.782. The molecule has 160 valence electrons. The van der Waals surface area contributed by atoms with E-state index < -0.39 is 12.8 Å².